The summed E-state index contributed by atoms with van der Waals surface area (Å²) in [4.78, 5) is 4.33. The van der Waals surface area contributed by atoms with E-state index in [1.165, 1.54) is 16.5 Å². The zero-order valence-electron chi connectivity index (χ0n) is 10.4. The zero-order chi connectivity index (χ0) is 12.1. The highest BCUT2D eigenvalue weighted by Crippen LogP contribution is 2.19. The number of nitrogens with zero attached hydrogens (tertiary/aromatic N) is 1. The van der Waals surface area contributed by atoms with Crippen molar-refractivity contribution in [3.8, 4) is 0 Å². The molecule has 17 heavy (non-hydrogen) atoms. The van der Waals surface area contributed by atoms with E-state index in [0.717, 1.165) is 18.5 Å². The molecule has 0 bridgehead atoms. The third-order valence-corrected chi connectivity index (χ3v) is 2.90. The van der Waals surface area contributed by atoms with Gasteiger partial charge in [0.05, 0.1) is 5.52 Å². The van der Waals surface area contributed by atoms with Gasteiger partial charge in [-0.3, -0.25) is 4.98 Å². The van der Waals surface area contributed by atoms with Crippen LogP contribution in [-0.2, 0) is 0 Å². The van der Waals surface area contributed by atoms with Crippen molar-refractivity contribution in [1.29, 1.82) is 0 Å². The Morgan fingerprint density at radius 2 is 2.24 bits per heavy atom. The number of hydrogen-bond acceptors (Lipinski definition) is 2. The molecule has 2 nitrogen and oxygen atoms in total. The van der Waals surface area contributed by atoms with Gasteiger partial charge in [0.25, 0.3) is 0 Å². The molecule has 2 heteroatoms. The van der Waals surface area contributed by atoms with Gasteiger partial charge in [0, 0.05) is 11.6 Å². The lowest BCUT2D eigenvalue weighted by Gasteiger charge is -2.04. The van der Waals surface area contributed by atoms with Crippen molar-refractivity contribution in [2.24, 2.45) is 0 Å². The third-order valence-electron chi connectivity index (χ3n) is 2.90. The fraction of sp³-hybridized carbons (Fsp3) is 0.267. The molecule has 2 rings (SSSR count). The van der Waals surface area contributed by atoms with Crippen LogP contribution in [0.4, 0.5) is 0 Å². The molecule has 2 aromatic rings. The minimum absolute atomic E-state index is 1.02. The van der Waals surface area contributed by atoms with Gasteiger partial charge in [0.15, 0.2) is 0 Å². The normalized spacial score (nSPS) is 12.0. The molecule has 88 valence electrons. The fourth-order valence-corrected chi connectivity index (χ4v) is 1.87. The summed E-state index contributed by atoms with van der Waals surface area (Å²) in [5.74, 6) is 0. The van der Waals surface area contributed by atoms with Crippen molar-refractivity contribution in [1.82, 2.24) is 10.3 Å². The molecule has 0 aliphatic heterocycles. The third kappa shape index (κ3) is 2.92. The molecular weight excluding hydrogens is 208 g/mol. The maximum atomic E-state index is 4.33. The van der Waals surface area contributed by atoms with Gasteiger partial charge in [-0.05, 0) is 56.3 Å². The first kappa shape index (κ1) is 11.8. The van der Waals surface area contributed by atoms with Gasteiger partial charge in [-0.1, -0.05) is 18.2 Å². The summed E-state index contributed by atoms with van der Waals surface area (Å²) >= 11 is 0. The van der Waals surface area contributed by atoms with Crippen LogP contribution >= 0.6 is 0 Å². The average molecular weight is 226 g/mol. The SMILES string of the molecule is CNCC/C=C(/C)c1ccc2ncccc2c1. The Morgan fingerprint density at radius 1 is 1.35 bits per heavy atom. The van der Waals surface area contributed by atoms with Crippen molar-refractivity contribution in [2.75, 3.05) is 13.6 Å². The van der Waals surface area contributed by atoms with Gasteiger partial charge in [-0.25, -0.2) is 0 Å². The Kier molecular flexibility index (Phi) is 3.89. The Bertz CT molecular complexity index is 529. The van der Waals surface area contributed by atoms with Crippen molar-refractivity contribution >= 4 is 16.5 Å². The molecule has 1 heterocycles. The topological polar surface area (TPSA) is 24.9 Å². The van der Waals surface area contributed by atoms with E-state index in [1.54, 1.807) is 0 Å². The second-order valence-electron chi connectivity index (χ2n) is 4.19. The minimum atomic E-state index is 1.02. The van der Waals surface area contributed by atoms with Gasteiger partial charge in [-0.2, -0.15) is 0 Å². The highest BCUT2D eigenvalue weighted by Gasteiger charge is 1.98. The van der Waals surface area contributed by atoms with Crippen LogP contribution in [-0.4, -0.2) is 18.6 Å². The van der Waals surface area contributed by atoms with Crippen molar-refractivity contribution < 1.29 is 0 Å². The number of nitrogens with one attached hydrogen (secondary N) is 1. The van der Waals surface area contributed by atoms with Crippen LogP contribution in [0.3, 0.4) is 0 Å². The lowest BCUT2D eigenvalue weighted by Crippen LogP contribution is -2.05. The van der Waals surface area contributed by atoms with E-state index in [2.05, 4.69) is 47.6 Å². The van der Waals surface area contributed by atoms with Crippen LogP contribution in [0.25, 0.3) is 16.5 Å². The monoisotopic (exact) mass is 226 g/mol. The average Bonchev–Trinajstić information content (AvgIpc) is 2.38. The first-order valence-electron chi connectivity index (χ1n) is 5.98. The molecule has 0 saturated heterocycles. The molecule has 0 unspecified atom stereocenters. The quantitative estimate of drug-likeness (QED) is 0.809. The molecule has 0 spiro atoms. The van der Waals surface area contributed by atoms with Crippen LogP contribution in [0.2, 0.25) is 0 Å². The molecule has 0 fully saturated rings. The van der Waals surface area contributed by atoms with Crippen molar-refractivity contribution in [2.45, 2.75) is 13.3 Å². The van der Waals surface area contributed by atoms with Crippen LogP contribution in [0.15, 0.2) is 42.6 Å². The first-order chi connectivity index (χ1) is 8.31. The molecule has 0 saturated carbocycles. The van der Waals surface area contributed by atoms with E-state index < -0.39 is 0 Å². The number of fused-ring (bicyclic) bond motifs is 1. The Labute approximate surface area is 102 Å². The van der Waals surface area contributed by atoms with E-state index >= 15 is 0 Å². The van der Waals surface area contributed by atoms with Gasteiger partial charge < -0.3 is 5.32 Å². The molecule has 1 aromatic heterocycles. The predicted octanol–water partition coefficient (Wildman–Crippen LogP) is 3.25. The second-order valence-corrected chi connectivity index (χ2v) is 4.19. The molecule has 1 N–H and O–H groups in total. The van der Waals surface area contributed by atoms with Crippen LogP contribution in [0.5, 0.6) is 0 Å². The highest BCUT2D eigenvalue weighted by molar-refractivity contribution is 5.82. The maximum absolute atomic E-state index is 4.33. The number of aromatic nitrogens is 1. The second kappa shape index (κ2) is 5.60. The summed E-state index contributed by atoms with van der Waals surface area (Å²) in [5.41, 5.74) is 3.66. The molecule has 1 aromatic carbocycles. The van der Waals surface area contributed by atoms with Gasteiger partial charge in [0.1, 0.15) is 0 Å². The number of hydrogen-bond donors (Lipinski definition) is 1. The van der Waals surface area contributed by atoms with E-state index in [9.17, 15) is 0 Å². The number of rotatable bonds is 4. The summed E-state index contributed by atoms with van der Waals surface area (Å²) in [7, 11) is 1.98. The molecule has 0 amide bonds. The number of pyridine rings is 1. The zero-order valence-corrected chi connectivity index (χ0v) is 10.4. The van der Waals surface area contributed by atoms with Crippen molar-refractivity contribution in [3.05, 3.63) is 48.2 Å². The number of benzene rings is 1. The standard InChI is InChI=1S/C15H18N2/c1-12(5-3-9-16-2)13-7-8-15-14(11-13)6-4-10-17-15/h4-8,10-11,16H,3,9H2,1-2H3/b12-5-. The van der Waals surface area contributed by atoms with Crippen LogP contribution in [0.1, 0.15) is 18.9 Å². The smallest absolute Gasteiger partial charge is 0.0702 e. The van der Waals surface area contributed by atoms with Gasteiger partial charge in [0.2, 0.25) is 0 Å². The Morgan fingerprint density at radius 3 is 3.06 bits per heavy atom. The summed E-state index contributed by atoms with van der Waals surface area (Å²) < 4.78 is 0. The molecule has 0 atom stereocenters. The molecule has 0 radical (unpaired) electrons. The lowest BCUT2D eigenvalue weighted by atomic mass is 10.0. The molecular formula is C15H18N2. The largest absolute Gasteiger partial charge is 0.319 e. The lowest BCUT2D eigenvalue weighted by molar-refractivity contribution is 0.808. The highest BCUT2D eigenvalue weighted by atomic mass is 14.8. The van der Waals surface area contributed by atoms with E-state index in [4.69, 9.17) is 0 Å². The summed E-state index contributed by atoms with van der Waals surface area (Å²) in [6.07, 6.45) is 5.17. The Hall–Kier alpha value is -1.67. The summed E-state index contributed by atoms with van der Waals surface area (Å²) in [5, 5.41) is 4.35. The number of allylic oxidation sites excluding steroid dienone is 1. The maximum Gasteiger partial charge on any atom is 0.0702 e. The molecule has 0 aliphatic rings. The van der Waals surface area contributed by atoms with Crippen LogP contribution < -0.4 is 5.32 Å². The predicted molar refractivity (Wildman–Crippen MR) is 73.9 cm³/mol. The molecule has 0 aliphatic carbocycles. The van der Waals surface area contributed by atoms with Gasteiger partial charge >= 0.3 is 0 Å². The van der Waals surface area contributed by atoms with E-state index in [1.807, 2.05) is 19.3 Å². The van der Waals surface area contributed by atoms with Crippen molar-refractivity contribution in [3.63, 3.8) is 0 Å². The first-order valence-corrected chi connectivity index (χ1v) is 5.98. The van der Waals surface area contributed by atoms with E-state index in [0.29, 0.717) is 0 Å². The summed E-state index contributed by atoms with van der Waals surface area (Å²) in [6, 6.07) is 10.5. The van der Waals surface area contributed by atoms with Gasteiger partial charge in [-0.15, -0.1) is 0 Å². The minimum Gasteiger partial charge on any atom is -0.319 e. The van der Waals surface area contributed by atoms with E-state index in [-0.39, 0.29) is 0 Å². The fourth-order valence-electron chi connectivity index (χ4n) is 1.87. The Balaban J connectivity index is 2.26. The summed E-state index contributed by atoms with van der Waals surface area (Å²) in [6.45, 7) is 3.18. The van der Waals surface area contributed by atoms with Crippen LogP contribution in [0, 0.1) is 0 Å².